The van der Waals surface area contributed by atoms with E-state index in [2.05, 4.69) is 12.2 Å². The Balaban J connectivity index is 2.40. The van der Waals surface area contributed by atoms with E-state index in [-0.39, 0.29) is 11.9 Å². The monoisotopic (exact) mass is 282 g/mol. The van der Waals surface area contributed by atoms with E-state index in [0.717, 1.165) is 18.4 Å². The molecule has 0 spiro atoms. The van der Waals surface area contributed by atoms with Gasteiger partial charge in [-0.15, -0.1) is 0 Å². The van der Waals surface area contributed by atoms with Crippen LogP contribution in [0.3, 0.4) is 0 Å². The van der Waals surface area contributed by atoms with Crippen LogP contribution in [0.4, 0.5) is 0 Å². The number of nitrogens with one attached hydrogen (secondary N) is 1. The number of carbonyl (C=O) groups excluding carboxylic acids is 1. The van der Waals surface area contributed by atoms with Crippen LogP contribution >= 0.6 is 11.6 Å². The third-order valence-electron chi connectivity index (χ3n) is 3.25. The van der Waals surface area contributed by atoms with Crippen molar-refractivity contribution in [2.45, 2.75) is 39.2 Å². The molecule has 1 amide bonds. The molecule has 0 saturated carbocycles. The molecular weight excluding hydrogens is 260 g/mol. The van der Waals surface area contributed by atoms with Gasteiger partial charge in [0.05, 0.1) is 6.04 Å². The first kappa shape index (κ1) is 16.0. The summed E-state index contributed by atoms with van der Waals surface area (Å²) in [7, 11) is 0. The molecule has 4 heteroatoms. The Hall–Kier alpha value is -1.06. The first-order valence-corrected chi connectivity index (χ1v) is 7.15. The van der Waals surface area contributed by atoms with Crippen LogP contribution in [0.1, 0.15) is 44.7 Å². The van der Waals surface area contributed by atoms with Crippen molar-refractivity contribution >= 4 is 17.5 Å². The van der Waals surface area contributed by atoms with Crippen LogP contribution in [0.15, 0.2) is 24.3 Å². The summed E-state index contributed by atoms with van der Waals surface area (Å²) >= 11 is 5.94. The quantitative estimate of drug-likeness (QED) is 0.806. The van der Waals surface area contributed by atoms with Crippen LogP contribution in [0.25, 0.3) is 0 Å². The average molecular weight is 283 g/mol. The zero-order valence-electron chi connectivity index (χ0n) is 11.7. The second-order valence-electron chi connectivity index (χ2n) is 5.07. The molecule has 3 nitrogen and oxygen atoms in total. The standard InChI is InChI=1S/C15H23ClN2O/c1-11(8-9-17)6-7-15(19)18-12(2)13-4-3-5-14(16)10-13/h3-5,10-12H,6-9,17H2,1-2H3,(H,18,19). The lowest BCUT2D eigenvalue weighted by Crippen LogP contribution is -2.26. The Labute approximate surface area is 120 Å². The fraction of sp³-hybridized carbons (Fsp3) is 0.533. The second kappa shape index (κ2) is 8.18. The highest BCUT2D eigenvalue weighted by atomic mass is 35.5. The Morgan fingerprint density at radius 2 is 2.11 bits per heavy atom. The van der Waals surface area contributed by atoms with Crippen LogP contribution in [-0.4, -0.2) is 12.5 Å². The lowest BCUT2D eigenvalue weighted by atomic mass is 10.0. The van der Waals surface area contributed by atoms with Crippen LogP contribution < -0.4 is 11.1 Å². The van der Waals surface area contributed by atoms with Gasteiger partial charge < -0.3 is 11.1 Å². The van der Waals surface area contributed by atoms with Crippen molar-refractivity contribution in [2.24, 2.45) is 11.7 Å². The SMILES string of the molecule is CC(CCN)CCC(=O)NC(C)c1cccc(Cl)c1. The van der Waals surface area contributed by atoms with Gasteiger partial charge in [0.25, 0.3) is 0 Å². The molecule has 0 bridgehead atoms. The number of amides is 1. The van der Waals surface area contributed by atoms with Gasteiger partial charge in [0.2, 0.25) is 5.91 Å². The van der Waals surface area contributed by atoms with E-state index in [4.69, 9.17) is 17.3 Å². The maximum atomic E-state index is 11.8. The summed E-state index contributed by atoms with van der Waals surface area (Å²) < 4.78 is 0. The lowest BCUT2D eigenvalue weighted by molar-refractivity contribution is -0.122. The number of benzene rings is 1. The first-order chi connectivity index (χ1) is 9.02. The minimum Gasteiger partial charge on any atom is -0.350 e. The molecule has 1 rings (SSSR count). The third-order valence-corrected chi connectivity index (χ3v) is 3.48. The van der Waals surface area contributed by atoms with Gasteiger partial charge in [-0.1, -0.05) is 30.7 Å². The normalized spacial score (nSPS) is 13.9. The predicted molar refractivity (Wildman–Crippen MR) is 80.1 cm³/mol. The minimum absolute atomic E-state index is 0.0176. The van der Waals surface area contributed by atoms with Gasteiger partial charge in [-0.2, -0.15) is 0 Å². The molecule has 3 N–H and O–H groups in total. The van der Waals surface area contributed by atoms with Gasteiger partial charge in [-0.05, 0) is 49.9 Å². The fourth-order valence-electron chi connectivity index (χ4n) is 1.98. The molecule has 2 atom stereocenters. The topological polar surface area (TPSA) is 55.1 Å². The number of rotatable bonds is 7. The van der Waals surface area contributed by atoms with E-state index in [0.29, 0.717) is 23.9 Å². The molecule has 0 saturated heterocycles. The second-order valence-corrected chi connectivity index (χ2v) is 5.50. The van der Waals surface area contributed by atoms with Crippen molar-refractivity contribution in [3.8, 4) is 0 Å². The van der Waals surface area contributed by atoms with Gasteiger partial charge in [-0.25, -0.2) is 0 Å². The minimum atomic E-state index is -0.0176. The molecule has 19 heavy (non-hydrogen) atoms. The van der Waals surface area contributed by atoms with E-state index in [1.807, 2.05) is 31.2 Å². The van der Waals surface area contributed by atoms with E-state index in [1.54, 1.807) is 0 Å². The summed E-state index contributed by atoms with van der Waals surface area (Å²) in [5.41, 5.74) is 6.52. The van der Waals surface area contributed by atoms with Crippen molar-refractivity contribution in [1.29, 1.82) is 0 Å². The van der Waals surface area contributed by atoms with Crippen molar-refractivity contribution in [3.05, 3.63) is 34.9 Å². The summed E-state index contributed by atoms with van der Waals surface area (Å²) in [6.07, 6.45) is 2.40. The Morgan fingerprint density at radius 3 is 2.74 bits per heavy atom. The zero-order valence-corrected chi connectivity index (χ0v) is 12.4. The number of halogens is 1. The molecule has 0 aromatic heterocycles. The molecular formula is C15H23ClN2O. The molecule has 0 aliphatic carbocycles. The highest BCUT2D eigenvalue weighted by Crippen LogP contribution is 2.18. The number of hydrogen-bond donors (Lipinski definition) is 2. The molecule has 1 aromatic carbocycles. The summed E-state index contributed by atoms with van der Waals surface area (Å²) in [6, 6.07) is 7.55. The smallest absolute Gasteiger partial charge is 0.220 e. The van der Waals surface area contributed by atoms with E-state index in [9.17, 15) is 4.79 Å². The van der Waals surface area contributed by atoms with Gasteiger partial charge >= 0.3 is 0 Å². The summed E-state index contributed by atoms with van der Waals surface area (Å²) in [5.74, 6) is 0.577. The van der Waals surface area contributed by atoms with Crippen molar-refractivity contribution < 1.29 is 4.79 Å². The Kier molecular flexibility index (Phi) is 6.89. The van der Waals surface area contributed by atoms with Gasteiger partial charge in [-0.3, -0.25) is 4.79 Å². The van der Waals surface area contributed by atoms with E-state index >= 15 is 0 Å². The van der Waals surface area contributed by atoms with E-state index < -0.39 is 0 Å². The Morgan fingerprint density at radius 1 is 1.37 bits per heavy atom. The van der Waals surface area contributed by atoms with Crippen LogP contribution in [0.5, 0.6) is 0 Å². The van der Waals surface area contributed by atoms with Gasteiger partial charge in [0.1, 0.15) is 0 Å². The molecule has 0 aliphatic heterocycles. The molecule has 1 aromatic rings. The van der Waals surface area contributed by atoms with Crippen LogP contribution in [0.2, 0.25) is 5.02 Å². The Bertz CT molecular complexity index is 409. The van der Waals surface area contributed by atoms with Gasteiger partial charge in [0.15, 0.2) is 0 Å². The number of nitrogens with two attached hydrogens (primary N) is 1. The molecule has 0 heterocycles. The van der Waals surface area contributed by atoms with E-state index in [1.165, 1.54) is 0 Å². The summed E-state index contributed by atoms with van der Waals surface area (Å²) in [4.78, 5) is 11.8. The molecule has 0 aliphatic rings. The highest BCUT2D eigenvalue weighted by Gasteiger charge is 2.11. The zero-order chi connectivity index (χ0) is 14.3. The maximum absolute atomic E-state index is 11.8. The van der Waals surface area contributed by atoms with Crippen LogP contribution in [0, 0.1) is 5.92 Å². The molecule has 0 fully saturated rings. The number of hydrogen-bond acceptors (Lipinski definition) is 2. The van der Waals surface area contributed by atoms with Crippen molar-refractivity contribution in [3.63, 3.8) is 0 Å². The van der Waals surface area contributed by atoms with Crippen molar-refractivity contribution in [2.75, 3.05) is 6.54 Å². The molecule has 106 valence electrons. The number of carbonyl (C=O) groups is 1. The third kappa shape index (κ3) is 6.08. The maximum Gasteiger partial charge on any atom is 0.220 e. The average Bonchev–Trinajstić information content (AvgIpc) is 2.36. The van der Waals surface area contributed by atoms with Crippen LogP contribution in [-0.2, 0) is 4.79 Å². The largest absolute Gasteiger partial charge is 0.350 e. The summed E-state index contributed by atoms with van der Waals surface area (Å²) in [6.45, 7) is 4.77. The molecule has 2 unspecified atom stereocenters. The van der Waals surface area contributed by atoms with Gasteiger partial charge in [0, 0.05) is 11.4 Å². The van der Waals surface area contributed by atoms with Crippen molar-refractivity contribution in [1.82, 2.24) is 5.32 Å². The highest BCUT2D eigenvalue weighted by molar-refractivity contribution is 6.30. The predicted octanol–water partition coefficient (Wildman–Crippen LogP) is 3.28. The summed E-state index contributed by atoms with van der Waals surface area (Å²) in [5, 5.41) is 3.68. The molecule has 0 radical (unpaired) electrons. The fourth-order valence-corrected chi connectivity index (χ4v) is 2.18. The first-order valence-electron chi connectivity index (χ1n) is 6.77. The lowest BCUT2D eigenvalue weighted by Gasteiger charge is -2.15.